The molecular weight excluding hydrogens is 916 g/mol. The number of ether oxygens (including phenoxy) is 1. The van der Waals surface area contributed by atoms with Crippen molar-refractivity contribution < 1.29 is 37.3 Å². The van der Waals surface area contributed by atoms with Crippen LogP contribution in [-0.4, -0.2) is 69.4 Å². The summed E-state index contributed by atoms with van der Waals surface area (Å²) in [6, 6.07) is -0.917. The maximum Gasteiger partial charge on any atom is 0.306 e. The Balaban J connectivity index is 5.42. The van der Waals surface area contributed by atoms with E-state index in [0.717, 1.165) is 103 Å². The van der Waals surface area contributed by atoms with E-state index < -0.39 is 26.6 Å². The van der Waals surface area contributed by atoms with E-state index in [0.29, 0.717) is 23.9 Å². The Morgan fingerprint density at radius 1 is 0.514 bits per heavy atom. The Labute approximate surface area is 442 Å². The highest BCUT2D eigenvalue weighted by Gasteiger charge is 2.27. The molecular formula is C62H107N2O7P. The van der Waals surface area contributed by atoms with Crippen molar-refractivity contribution in [2.45, 2.75) is 232 Å². The number of carbonyl (C=O) groups excluding carboxylic acids is 2. The van der Waals surface area contributed by atoms with Crippen LogP contribution in [0, 0.1) is 0 Å². The summed E-state index contributed by atoms with van der Waals surface area (Å²) >= 11 is 0. The van der Waals surface area contributed by atoms with Gasteiger partial charge in [-0.2, -0.15) is 0 Å². The molecule has 412 valence electrons. The SMILES string of the molecule is CC/C=C\C/C=C\C/C=C\C/C=C\C/C=C\CCCCCC(=O)NC(COP(=O)([O-])OCC[N+](C)(C)C)C(/C=C\CCCCCCCCCCCC)OC(=O)CCCCCCCCC/C=C/C=C/C=C/CC. The lowest BCUT2D eigenvalue weighted by Crippen LogP contribution is -2.47. The molecule has 1 amide bonds. The van der Waals surface area contributed by atoms with E-state index in [1.165, 1.54) is 70.6 Å². The molecule has 0 heterocycles. The minimum atomic E-state index is -4.71. The first kappa shape index (κ1) is 68.7. The number of hydrogen-bond donors (Lipinski definition) is 1. The van der Waals surface area contributed by atoms with Gasteiger partial charge in [-0.05, 0) is 96.0 Å². The number of phosphoric acid groups is 1. The van der Waals surface area contributed by atoms with Crippen LogP contribution >= 0.6 is 7.82 Å². The molecule has 3 atom stereocenters. The number of hydrogen-bond acceptors (Lipinski definition) is 7. The van der Waals surface area contributed by atoms with E-state index in [-0.39, 0.29) is 31.3 Å². The third-order valence-corrected chi connectivity index (χ3v) is 13.0. The fraction of sp³-hybridized carbons (Fsp3) is 0.677. The van der Waals surface area contributed by atoms with Crippen molar-refractivity contribution in [3.8, 4) is 0 Å². The Bertz CT molecular complexity index is 1600. The Hall–Kier alpha value is -3.33. The van der Waals surface area contributed by atoms with Crippen LogP contribution in [0.25, 0.3) is 0 Å². The van der Waals surface area contributed by atoms with Crippen LogP contribution in [0.3, 0.4) is 0 Å². The van der Waals surface area contributed by atoms with Gasteiger partial charge in [0.05, 0.1) is 33.8 Å². The highest BCUT2D eigenvalue weighted by Crippen LogP contribution is 2.38. The van der Waals surface area contributed by atoms with Crippen LogP contribution < -0.4 is 10.2 Å². The van der Waals surface area contributed by atoms with Gasteiger partial charge in [-0.3, -0.25) is 14.2 Å². The number of rotatable bonds is 50. The molecule has 0 aromatic rings. The number of quaternary nitrogens is 1. The average Bonchev–Trinajstić information content (AvgIpc) is 3.34. The number of carbonyl (C=O) groups is 2. The monoisotopic (exact) mass is 1020 g/mol. The third-order valence-electron chi connectivity index (χ3n) is 12.0. The summed E-state index contributed by atoms with van der Waals surface area (Å²) in [7, 11) is 1.14. The highest BCUT2D eigenvalue weighted by atomic mass is 31.2. The lowest BCUT2D eigenvalue weighted by Gasteiger charge is -2.30. The number of amides is 1. The molecule has 0 aliphatic carbocycles. The molecule has 0 aliphatic heterocycles. The molecule has 0 radical (unpaired) electrons. The zero-order valence-corrected chi connectivity index (χ0v) is 47.7. The van der Waals surface area contributed by atoms with E-state index >= 15 is 0 Å². The maximum atomic E-state index is 13.5. The molecule has 0 aromatic heterocycles. The third kappa shape index (κ3) is 51.6. The summed E-state index contributed by atoms with van der Waals surface area (Å²) in [4.78, 5) is 39.9. The van der Waals surface area contributed by atoms with E-state index in [9.17, 15) is 19.0 Å². The van der Waals surface area contributed by atoms with Gasteiger partial charge in [0.2, 0.25) is 5.91 Å². The van der Waals surface area contributed by atoms with Crippen LogP contribution in [0.1, 0.15) is 220 Å². The van der Waals surface area contributed by atoms with Crippen LogP contribution in [0.15, 0.2) is 109 Å². The summed E-state index contributed by atoms with van der Waals surface area (Å²) < 4.78 is 30.2. The summed E-state index contributed by atoms with van der Waals surface area (Å²) in [5, 5.41) is 3.00. The molecule has 0 saturated carbocycles. The van der Waals surface area contributed by atoms with Crippen molar-refractivity contribution in [1.29, 1.82) is 0 Å². The van der Waals surface area contributed by atoms with Gasteiger partial charge in [0.15, 0.2) is 0 Å². The van der Waals surface area contributed by atoms with E-state index in [1.807, 2.05) is 33.3 Å². The smallest absolute Gasteiger partial charge is 0.306 e. The van der Waals surface area contributed by atoms with Crippen LogP contribution in [-0.2, 0) is 27.9 Å². The van der Waals surface area contributed by atoms with Crippen LogP contribution in [0.2, 0.25) is 0 Å². The Morgan fingerprint density at radius 2 is 0.958 bits per heavy atom. The molecule has 72 heavy (non-hydrogen) atoms. The van der Waals surface area contributed by atoms with E-state index in [2.05, 4.69) is 123 Å². The van der Waals surface area contributed by atoms with E-state index in [1.54, 1.807) is 0 Å². The van der Waals surface area contributed by atoms with Crippen LogP contribution in [0.5, 0.6) is 0 Å². The predicted octanol–water partition coefficient (Wildman–Crippen LogP) is 16.7. The van der Waals surface area contributed by atoms with Crippen molar-refractivity contribution in [1.82, 2.24) is 5.32 Å². The van der Waals surface area contributed by atoms with Gasteiger partial charge in [0.25, 0.3) is 7.82 Å². The molecule has 0 spiro atoms. The van der Waals surface area contributed by atoms with Gasteiger partial charge >= 0.3 is 5.97 Å². The van der Waals surface area contributed by atoms with Crippen molar-refractivity contribution in [3.05, 3.63) is 109 Å². The lowest BCUT2D eigenvalue weighted by molar-refractivity contribution is -0.870. The fourth-order valence-electron chi connectivity index (χ4n) is 7.61. The summed E-state index contributed by atoms with van der Waals surface area (Å²) in [6.07, 6.45) is 69.1. The minimum absolute atomic E-state index is 0.0370. The van der Waals surface area contributed by atoms with Gasteiger partial charge in [-0.25, -0.2) is 0 Å². The fourth-order valence-corrected chi connectivity index (χ4v) is 8.33. The number of phosphoric ester groups is 1. The topological polar surface area (TPSA) is 114 Å². The molecule has 1 N–H and O–H groups in total. The number of allylic oxidation sites excluding steroid dienone is 17. The molecule has 0 fully saturated rings. The first-order chi connectivity index (χ1) is 34.9. The highest BCUT2D eigenvalue weighted by molar-refractivity contribution is 7.45. The van der Waals surface area contributed by atoms with Gasteiger partial charge < -0.3 is 28.5 Å². The van der Waals surface area contributed by atoms with Crippen molar-refractivity contribution >= 4 is 19.7 Å². The van der Waals surface area contributed by atoms with Crippen molar-refractivity contribution in [2.24, 2.45) is 0 Å². The minimum Gasteiger partial charge on any atom is -0.756 e. The summed E-state index contributed by atoms with van der Waals surface area (Å²) in [5.41, 5.74) is 0. The van der Waals surface area contributed by atoms with E-state index in [4.69, 9.17) is 13.8 Å². The van der Waals surface area contributed by atoms with Gasteiger partial charge in [0, 0.05) is 12.8 Å². The maximum absolute atomic E-state index is 13.5. The van der Waals surface area contributed by atoms with Crippen molar-refractivity contribution in [2.75, 3.05) is 40.9 Å². The molecule has 9 nitrogen and oxygen atoms in total. The predicted molar refractivity (Wildman–Crippen MR) is 307 cm³/mol. The Kier molecular flexibility index (Phi) is 48.8. The molecule has 0 rings (SSSR count). The van der Waals surface area contributed by atoms with Crippen molar-refractivity contribution in [3.63, 3.8) is 0 Å². The summed E-state index contributed by atoms with van der Waals surface area (Å²) in [5.74, 6) is -0.601. The van der Waals surface area contributed by atoms with Gasteiger partial charge in [-0.15, -0.1) is 0 Å². The van der Waals surface area contributed by atoms with Gasteiger partial charge in [-0.1, -0.05) is 220 Å². The normalized spacial score (nSPS) is 14.6. The number of unbranched alkanes of at least 4 members (excludes halogenated alkanes) is 20. The average molecular weight is 1020 g/mol. The zero-order chi connectivity index (χ0) is 52.9. The van der Waals surface area contributed by atoms with Gasteiger partial charge in [0.1, 0.15) is 19.3 Å². The Morgan fingerprint density at radius 3 is 1.50 bits per heavy atom. The quantitative estimate of drug-likeness (QED) is 0.0161. The second-order valence-corrected chi connectivity index (χ2v) is 21.5. The standard InChI is InChI=1S/C62H107N2O7P/c1-7-10-13-16-19-22-25-28-30-31-32-33-35-36-39-42-45-48-51-54-61(65)63-59(58-70-72(67,68)69-57-56-64(4,5)6)60(53-50-47-44-41-38-27-24-21-18-15-12-9-3)71-62(66)55-52-49-46-43-40-37-34-29-26-23-20-17-14-11-8-2/h10-11,13-14,17,19-20,22-23,26,28,30,32-33,36,39,50,53,59-60H,7-9,12,15-16,18,21,24-25,27,29,31,34-35,37-38,40-49,51-52,54-58H2,1-6H3,(H-,63,65,67,68)/b13-10-,14-11+,20-17+,22-19-,26-23+,30-28-,33-32-,39-36-,53-50-. The molecule has 3 unspecified atom stereocenters. The zero-order valence-electron chi connectivity index (χ0n) is 46.8. The second kappa shape index (κ2) is 51.2. The molecule has 10 heteroatoms. The molecule has 0 aliphatic rings. The number of nitrogens with one attached hydrogen (secondary N) is 1. The number of nitrogens with zero attached hydrogens (tertiary/aromatic N) is 1. The molecule has 0 aromatic carbocycles. The lowest BCUT2D eigenvalue weighted by atomic mass is 10.0. The van der Waals surface area contributed by atoms with Crippen LogP contribution in [0.4, 0.5) is 0 Å². The number of likely N-dealkylation sites (N-methyl/N-ethyl adjacent to an activating group) is 1. The second-order valence-electron chi connectivity index (χ2n) is 20.1. The largest absolute Gasteiger partial charge is 0.756 e. The first-order valence-corrected chi connectivity index (χ1v) is 30.2. The molecule has 0 bridgehead atoms. The molecule has 0 saturated heterocycles. The summed E-state index contributed by atoms with van der Waals surface area (Å²) in [6.45, 7) is 6.54. The first-order valence-electron chi connectivity index (χ1n) is 28.7. The number of esters is 1.